The van der Waals surface area contributed by atoms with Crippen molar-refractivity contribution in [3.63, 3.8) is 0 Å². The highest BCUT2D eigenvalue weighted by Gasteiger charge is 2.33. The number of ketones is 1. The Bertz CT molecular complexity index is 464. The topological polar surface area (TPSA) is 26.3 Å². The number of Topliss-reactive ketones (excluding diaryl/α,β-unsaturated/α-hetero) is 1. The van der Waals surface area contributed by atoms with Gasteiger partial charge in [0, 0.05) is 11.5 Å². The summed E-state index contributed by atoms with van der Waals surface area (Å²) >= 11 is 0. The lowest BCUT2D eigenvalue weighted by molar-refractivity contribution is -0.275. The maximum Gasteiger partial charge on any atom is 0.573 e. The van der Waals surface area contributed by atoms with E-state index in [-0.39, 0.29) is 17.3 Å². The monoisotopic (exact) mass is 262 g/mol. The van der Waals surface area contributed by atoms with Gasteiger partial charge in [0.2, 0.25) is 0 Å². The van der Waals surface area contributed by atoms with Gasteiger partial charge in [-0.2, -0.15) is 0 Å². The van der Waals surface area contributed by atoms with Gasteiger partial charge in [-0.1, -0.05) is 6.42 Å². The van der Waals surface area contributed by atoms with Crippen molar-refractivity contribution in [2.45, 2.75) is 25.6 Å². The van der Waals surface area contributed by atoms with Gasteiger partial charge in [-0.3, -0.25) is 4.79 Å². The second-order valence-corrected chi connectivity index (χ2v) is 4.19. The first-order valence-electron chi connectivity index (χ1n) is 5.46. The summed E-state index contributed by atoms with van der Waals surface area (Å²) in [6.45, 7) is 0. The lowest BCUT2D eigenvalue weighted by atomic mass is 9.80. The van der Waals surface area contributed by atoms with Crippen LogP contribution < -0.4 is 4.74 Å². The van der Waals surface area contributed by atoms with Crippen molar-refractivity contribution in [1.82, 2.24) is 0 Å². The van der Waals surface area contributed by atoms with Crippen LogP contribution in [0.4, 0.5) is 17.6 Å². The molecule has 0 radical (unpaired) electrons. The molecule has 0 bridgehead atoms. The van der Waals surface area contributed by atoms with Crippen LogP contribution in [0.1, 0.15) is 29.6 Å². The Kier molecular flexibility index (Phi) is 3.28. The van der Waals surface area contributed by atoms with Crippen molar-refractivity contribution < 1.29 is 27.1 Å². The molecule has 1 saturated carbocycles. The highest BCUT2D eigenvalue weighted by atomic mass is 19.4. The van der Waals surface area contributed by atoms with E-state index in [4.69, 9.17) is 0 Å². The minimum absolute atomic E-state index is 0.0896. The highest BCUT2D eigenvalue weighted by Crippen LogP contribution is 2.31. The van der Waals surface area contributed by atoms with E-state index in [1.807, 2.05) is 0 Å². The van der Waals surface area contributed by atoms with E-state index >= 15 is 0 Å². The second kappa shape index (κ2) is 4.59. The van der Waals surface area contributed by atoms with Crippen LogP contribution in [0.25, 0.3) is 0 Å². The number of rotatable bonds is 3. The van der Waals surface area contributed by atoms with Gasteiger partial charge in [0.15, 0.2) is 17.3 Å². The van der Waals surface area contributed by atoms with E-state index in [1.54, 1.807) is 0 Å². The minimum Gasteiger partial charge on any atom is -0.403 e. The maximum absolute atomic E-state index is 13.3. The molecule has 0 aromatic heterocycles. The fourth-order valence-electron chi connectivity index (χ4n) is 1.77. The Morgan fingerprint density at radius 3 is 2.39 bits per heavy atom. The standard InChI is InChI=1S/C12H10F4O2/c13-9-6-8(11(17)7-2-1-3-7)4-5-10(9)18-12(14,15)16/h4-7H,1-3H2. The molecular formula is C12H10F4O2. The number of hydrogen-bond acceptors (Lipinski definition) is 2. The highest BCUT2D eigenvalue weighted by molar-refractivity contribution is 5.98. The normalized spacial score (nSPS) is 16.2. The molecule has 0 atom stereocenters. The molecule has 0 saturated heterocycles. The van der Waals surface area contributed by atoms with E-state index in [0.717, 1.165) is 37.5 Å². The van der Waals surface area contributed by atoms with Crippen LogP contribution in [0.3, 0.4) is 0 Å². The second-order valence-electron chi connectivity index (χ2n) is 4.19. The number of hydrogen-bond donors (Lipinski definition) is 0. The first-order valence-corrected chi connectivity index (χ1v) is 5.46. The molecule has 1 fully saturated rings. The Hall–Kier alpha value is -1.59. The van der Waals surface area contributed by atoms with Gasteiger partial charge >= 0.3 is 6.36 Å². The lowest BCUT2D eigenvalue weighted by Gasteiger charge is -2.23. The molecule has 0 spiro atoms. The molecule has 0 unspecified atom stereocenters. The van der Waals surface area contributed by atoms with E-state index in [0.29, 0.717) is 0 Å². The molecule has 1 aromatic carbocycles. The quantitative estimate of drug-likeness (QED) is 0.613. The molecule has 1 aromatic rings. The van der Waals surface area contributed by atoms with Gasteiger partial charge < -0.3 is 4.74 Å². The minimum atomic E-state index is -4.94. The Morgan fingerprint density at radius 1 is 1.28 bits per heavy atom. The van der Waals surface area contributed by atoms with Crippen molar-refractivity contribution in [3.8, 4) is 5.75 Å². The zero-order chi connectivity index (χ0) is 13.3. The number of halogens is 4. The number of ether oxygens (including phenoxy) is 1. The molecule has 98 valence electrons. The molecule has 1 aliphatic rings. The molecule has 18 heavy (non-hydrogen) atoms. The predicted molar refractivity (Wildman–Crippen MR) is 54.8 cm³/mol. The van der Waals surface area contributed by atoms with E-state index in [2.05, 4.69) is 4.74 Å². The van der Waals surface area contributed by atoms with Gasteiger partial charge in [-0.15, -0.1) is 13.2 Å². The van der Waals surface area contributed by atoms with Crippen LogP contribution in [-0.4, -0.2) is 12.1 Å². The van der Waals surface area contributed by atoms with Crippen molar-refractivity contribution in [2.75, 3.05) is 0 Å². The van der Waals surface area contributed by atoms with Crippen molar-refractivity contribution in [1.29, 1.82) is 0 Å². The summed E-state index contributed by atoms with van der Waals surface area (Å²) < 4.78 is 52.6. The lowest BCUT2D eigenvalue weighted by Crippen LogP contribution is -2.22. The number of carbonyl (C=O) groups excluding carboxylic acids is 1. The van der Waals surface area contributed by atoms with Gasteiger partial charge in [0.25, 0.3) is 0 Å². The summed E-state index contributed by atoms with van der Waals surface area (Å²) in [6.07, 6.45) is -2.49. The summed E-state index contributed by atoms with van der Waals surface area (Å²) in [5, 5.41) is 0. The van der Waals surface area contributed by atoms with Crippen LogP contribution in [0.15, 0.2) is 18.2 Å². The summed E-state index contributed by atoms with van der Waals surface area (Å²) in [5.41, 5.74) is 0.0896. The molecule has 2 nitrogen and oxygen atoms in total. The van der Waals surface area contributed by atoms with Crippen molar-refractivity contribution in [3.05, 3.63) is 29.6 Å². The summed E-state index contributed by atoms with van der Waals surface area (Å²) in [5.74, 6) is -2.46. The first-order chi connectivity index (χ1) is 8.37. The fourth-order valence-corrected chi connectivity index (χ4v) is 1.77. The summed E-state index contributed by atoms with van der Waals surface area (Å²) in [4.78, 5) is 11.7. The van der Waals surface area contributed by atoms with E-state index in [1.165, 1.54) is 0 Å². The summed E-state index contributed by atoms with van der Waals surface area (Å²) in [6, 6.07) is 2.78. The molecule has 2 rings (SSSR count). The van der Waals surface area contributed by atoms with Crippen molar-refractivity contribution in [2.24, 2.45) is 5.92 Å². The molecule has 1 aliphatic carbocycles. The third-order valence-electron chi connectivity index (χ3n) is 2.92. The van der Waals surface area contributed by atoms with Crippen LogP contribution in [0, 0.1) is 11.7 Å². The van der Waals surface area contributed by atoms with E-state index in [9.17, 15) is 22.4 Å². The fraction of sp³-hybridized carbons (Fsp3) is 0.417. The zero-order valence-corrected chi connectivity index (χ0v) is 9.26. The SMILES string of the molecule is O=C(c1ccc(OC(F)(F)F)c(F)c1)C1CCC1. The molecule has 0 N–H and O–H groups in total. The van der Waals surface area contributed by atoms with Crippen LogP contribution in [0.5, 0.6) is 5.75 Å². The van der Waals surface area contributed by atoms with Crippen molar-refractivity contribution >= 4 is 5.78 Å². The largest absolute Gasteiger partial charge is 0.573 e. The molecule has 0 amide bonds. The number of benzene rings is 1. The average Bonchev–Trinajstić information content (AvgIpc) is 2.16. The predicted octanol–water partition coefficient (Wildman–Crippen LogP) is 3.71. The Balaban J connectivity index is 2.16. The third-order valence-corrected chi connectivity index (χ3v) is 2.92. The van der Waals surface area contributed by atoms with Crippen LogP contribution >= 0.6 is 0 Å². The summed E-state index contributed by atoms with van der Waals surface area (Å²) in [7, 11) is 0. The zero-order valence-electron chi connectivity index (χ0n) is 9.26. The number of carbonyl (C=O) groups is 1. The maximum atomic E-state index is 13.3. The molecular weight excluding hydrogens is 252 g/mol. The Morgan fingerprint density at radius 2 is 1.94 bits per heavy atom. The third kappa shape index (κ3) is 2.80. The molecule has 0 aliphatic heterocycles. The first kappa shape index (κ1) is 12.9. The van der Waals surface area contributed by atoms with Gasteiger partial charge in [0.05, 0.1) is 0 Å². The molecule has 6 heteroatoms. The van der Waals surface area contributed by atoms with Crippen LogP contribution in [-0.2, 0) is 0 Å². The van der Waals surface area contributed by atoms with Gasteiger partial charge in [0.1, 0.15) is 0 Å². The van der Waals surface area contributed by atoms with Gasteiger partial charge in [-0.05, 0) is 31.0 Å². The Labute approximate surface area is 101 Å². The molecule has 0 heterocycles. The average molecular weight is 262 g/mol. The van der Waals surface area contributed by atoms with Crippen LogP contribution in [0.2, 0.25) is 0 Å². The smallest absolute Gasteiger partial charge is 0.403 e. The van der Waals surface area contributed by atoms with E-state index < -0.39 is 17.9 Å². The van der Waals surface area contributed by atoms with Gasteiger partial charge in [-0.25, -0.2) is 4.39 Å². The number of alkyl halides is 3.